The Morgan fingerprint density at radius 3 is 1.36 bits per heavy atom. The molecule has 0 aliphatic rings. The van der Waals surface area contributed by atoms with Crippen molar-refractivity contribution in [2.24, 2.45) is 0 Å². The van der Waals surface area contributed by atoms with E-state index in [2.05, 4.69) is 0 Å². The molecule has 0 amide bonds. The second-order valence-electron chi connectivity index (χ2n) is 0.830. The van der Waals surface area contributed by atoms with Crippen LogP contribution in [0.1, 0.15) is 8.35 Å². The number of hydrogen-bond donors (Lipinski definition) is 4. The van der Waals surface area contributed by atoms with E-state index in [4.69, 9.17) is 24.4 Å². The van der Waals surface area contributed by atoms with Crippen LogP contribution in [0.5, 0.6) is 0 Å². The largest absolute Gasteiger partial charge is 1.00 e. The van der Waals surface area contributed by atoms with Crippen LogP contribution in [0.4, 0.5) is 0 Å². The van der Waals surface area contributed by atoms with Gasteiger partial charge < -0.3 is 21.2 Å². The van der Waals surface area contributed by atoms with E-state index in [0.29, 0.717) is 0 Å². The molecule has 0 saturated carbocycles. The number of hydrogen-bond acceptors (Lipinski definition) is 2. The molecule has 0 aliphatic carbocycles. The van der Waals surface area contributed by atoms with Gasteiger partial charge in [0.05, 0.1) is 0 Å². The third-order valence-electron chi connectivity index (χ3n) is 0. The fourth-order valence-corrected chi connectivity index (χ4v) is 0. The topological polar surface area (TPSA) is 98.0 Å². The number of rotatable bonds is 0. The molecule has 0 atom stereocenters. The van der Waals surface area contributed by atoms with Crippen molar-refractivity contribution in [2.45, 2.75) is 6.92 Å². The van der Waals surface area contributed by atoms with Gasteiger partial charge in [-0.05, 0) is 6.92 Å². The van der Waals surface area contributed by atoms with E-state index in [1.165, 1.54) is 0 Å². The molecule has 4 N–H and O–H groups in total. The first-order chi connectivity index (χ1) is 3.41. The van der Waals surface area contributed by atoms with Gasteiger partial charge in [-0.15, -0.1) is 0 Å². The molecule has 5 nitrogen and oxygen atoms in total. The molecule has 11 heavy (non-hydrogen) atoms. The van der Waals surface area contributed by atoms with Gasteiger partial charge in [-0.2, -0.15) is 0 Å². The summed E-state index contributed by atoms with van der Waals surface area (Å²) in [5.41, 5.74) is 0. The third kappa shape index (κ3) is 379. The Hall–Kier alpha value is 1.71. The van der Waals surface area contributed by atoms with E-state index in [-0.39, 0.29) is 61.0 Å². The minimum atomic E-state index is -4.64. The van der Waals surface area contributed by atoms with E-state index < -0.39 is 7.82 Å². The summed E-state index contributed by atoms with van der Waals surface area (Å²) < 4.78 is 8.88. The summed E-state index contributed by atoms with van der Waals surface area (Å²) in [6.07, 6.45) is 0. The maximum absolute atomic E-state index is 8.88. The molecule has 0 aliphatic heterocycles. The molecule has 0 aromatic rings. The zero-order valence-electron chi connectivity index (χ0n) is 7.08. The number of phosphoric acid groups is 1. The predicted octanol–water partition coefficient (Wildman–Crippen LogP) is -3.82. The monoisotopic (exact) mass is 263 g/mol. The summed E-state index contributed by atoms with van der Waals surface area (Å²) in [6, 6.07) is 0. The molecule has 9 heteroatoms. The van der Waals surface area contributed by atoms with Crippen LogP contribution in [0, 0.1) is 0 Å². The molecule has 0 unspecified atom stereocenters. The van der Waals surface area contributed by atoms with Gasteiger partial charge in [0.25, 0.3) is 0 Å². The van der Waals surface area contributed by atoms with Gasteiger partial charge in [0.1, 0.15) is 0 Å². The molecular weight excluding hydrogens is 253 g/mol. The van der Waals surface area contributed by atoms with Crippen LogP contribution in [0.3, 0.4) is 0 Å². The predicted molar refractivity (Wildman–Crippen MR) is 28.1 cm³/mol. The molecule has 0 fully saturated rings. The Balaban J connectivity index is -0.0000000119. The standard InChI is InChI=1S/C2H6O.Fe.Li.Mn.H3O4P.H/c1-2-3;;;;1-5(2,3)4;/h3H,2H2,1H3;;;;(H3,1,2,3,4);/q;;+1;;;-1. The quantitative estimate of drug-likeness (QED) is 0.265. The van der Waals surface area contributed by atoms with Gasteiger partial charge in [0.2, 0.25) is 0 Å². The third-order valence-corrected chi connectivity index (χ3v) is 0. The van der Waals surface area contributed by atoms with Gasteiger partial charge in [0, 0.05) is 40.7 Å². The molecule has 0 spiro atoms. The average Bonchev–Trinajstić information content (AvgIpc) is 1.27. The van der Waals surface area contributed by atoms with Gasteiger partial charge in [-0.1, -0.05) is 0 Å². The first-order valence-electron chi connectivity index (χ1n) is 1.81. The molecule has 69 valence electrons. The van der Waals surface area contributed by atoms with Crippen LogP contribution in [0.15, 0.2) is 0 Å². The maximum atomic E-state index is 8.88. The van der Waals surface area contributed by atoms with Crippen LogP contribution in [0.2, 0.25) is 0 Å². The van der Waals surface area contributed by atoms with Gasteiger partial charge in [-0.3, -0.25) is 0 Å². The first kappa shape index (κ1) is 29.3. The van der Waals surface area contributed by atoms with Crippen molar-refractivity contribution in [2.75, 3.05) is 6.61 Å². The Kier molecular flexibility index (Phi) is 47.2. The maximum Gasteiger partial charge on any atom is 1.00 e. The summed E-state index contributed by atoms with van der Waals surface area (Å²) >= 11 is 0. The summed E-state index contributed by atoms with van der Waals surface area (Å²) in [5, 5.41) is 7.57. The Labute approximate surface area is 99.8 Å². The molecule has 0 aromatic carbocycles. The molecular formula is C2H10FeLiMnO5P. The fourth-order valence-electron chi connectivity index (χ4n) is 0. The van der Waals surface area contributed by atoms with Crippen molar-refractivity contribution >= 4 is 7.82 Å². The van der Waals surface area contributed by atoms with Crippen LogP contribution >= 0.6 is 7.82 Å². The fraction of sp³-hybridized carbons (Fsp3) is 1.00. The van der Waals surface area contributed by atoms with Gasteiger partial charge in [-0.25, -0.2) is 4.57 Å². The van der Waals surface area contributed by atoms with Crippen LogP contribution in [-0.4, -0.2) is 26.4 Å². The van der Waals surface area contributed by atoms with E-state index in [0.717, 1.165) is 0 Å². The summed E-state index contributed by atoms with van der Waals surface area (Å²) in [6.45, 7) is 1.93. The zero-order valence-corrected chi connectivity index (χ0v) is 9.26. The Bertz CT molecular complexity index is 85.3. The van der Waals surface area contributed by atoms with Crippen molar-refractivity contribution in [3.05, 3.63) is 0 Å². The normalized spacial score (nSPS) is 7.00. The first-order valence-corrected chi connectivity index (χ1v) is 3.37. The molecule has 0 aromatic heterocycles. The minimum Gasteiger partial charge on any atom is -1.00 e. The van der Waals surface area contributed by atoms with E-state index in [1.54, 1.807) is 6.92 Å². The van der Waals surface area contributed by atoms with Crippen LogP contribution in [0.25, 0.3) is 0 Å². The van der Waals surface area contributed by atoms with Crippen molar-refractivity contribution in [3.63, 3.8) is 0 Å². The second-order valence-corrected chi connectivity index (χ2v) is 1.86. The van der Waals surface area contributed by atoms with E-state index in [1.807, 2.05) is 0 Å². The Morgan fingerprint density at radius 1 is 1.36 bits per heavy atom. The van der Waals surface area contributed by atoms with Crippen LogP contribution < -0.4 is 18.9 Å². The summed E-state index contributed by atoms with van der Waals surface area (Å²) in [4.78, 5) is 21.6. The van der Waals surface area contributed by atoms with E-state index >= 15 is 0 Å². The molecule has 1 radical (unpaired) electrons. The van der Waals surface area contributed by atoms with Crippen molar-refractivity contribution < 1.29 is 78.8 Å². The SMILES string of the molecule is CCO.O=P(O)(O)O.[Fe].[H-].[Li+].[Mn]. The van der Waals surface area contributed by atoms with Crippen molar-refractivity contribution in [1.29, 1.82) is 0 Å². The average molecular weight is 263 g/mol. The molecule has 0 rings (SSSR count). The van der Waals surface area contributed by atoms with Crippen LogP contribution in [-0.2, 0) is 38.7 Å². The summed E-state index contributed by atoms with van der Waals surface area (Å²) in [5.74, 6) is 0. The number of aliphatic hydroxyl groups excluding tert-OH is 1. The van der Waals surface area contributed by atoms with Gasteiger partial charge in [0.15, 0.2) is 0 Å². The zero-order chi connectivity index (χ0) is 7.21. The summed E-state index contributed by atoms with van der Waals surface area (Å²) in [7, 11) is -4.64. The number of aliphatic hydroxyl groups is 1. The van der Waals surface area contributed by atoms with Gasteiger partial charge >= 0.3 is 26.7 Å². The van der Waals surface area contributed by atoms with E-state index in [9.17, 15) is 0 Å². The van der Waals surface area contributed by atoms with Crippen molar-refractivity contribution in [3.8, 4) is 0 Å². The van der Waals surface area contributed by atoms with Crippen molar-refractivity contribution in [1.82, 2.24) is 0 Å². The second kappa shape index (κ2) is 17.7. The minimum absolute atomic E-state index is 0. The molecule has 0 heterocycles. The molecule has 0 bridgehead atoms. The smallest absolute Gasteiger partial charge is 1.00 e. The molecule has 0 saturated heterocycles. The Morgan fingerprint density at radius 2 is 1.36 bits per heavy atom.